The lowest BCUT2D eigenvalue weighted by molar-refractivity contribution is 0.238. The number of hydrogen-bond acceptors (Lipinski definition) is 6. The van der Waals surface area contributed by atoms with Crippen molar-refractivity contribution in [1.82, 2.24) is 9.88 Å². The topological polar surface area (TPSA) is 74.7 Å². The van der Waals surface area contributed by atoms with Crippen LogP contribution in [0.1, 0.15) is 23.8 Å². The molecule has 0 unspecified atom stereocenters. The second-order valence-electron chi connectivity index (χ2n) is 7.35. The molecule has 1 N–H and O–H groups in total. The Morgan fingerprint density at radius 1 is 1.17 bits per heavy atom. The monoisotopic (exact) mass is 446 g/mol. The Kier molecular flexibility index (Phi) is 4.82. The Labute approximate surface area is 178 Å². The van der Waals surface area contributed by atoms with E-state index in [-0.39, 0.29) is 4.90 Å². The summed E-state index contributed by atoms with van der Waals surface area (Å²) in [6.07, 6.45) is 1.98. The highest BCUT2D eigenvalue weighted by Gasteiger charge is 2.28. The molecule has 29 heavy (non-hydrogen) atoms. The second kappa shape index (κ2) is 7.36. The fraction of sp³-hybridized carbons (Fsp3) is 0.300. The number of rotatable bonds is 3. The lowest BCUT2D eigenvalue weighted by Crippen LogP contribution is -2.40. The molecule has 5 rings (SSSR count). The fourth-order valence-corrected chi connectivity index (χ4v) is 6.30. The van der Waals surface area contributed by atoms with Gasteiger partial charge in [-0.25, -0.2) is 4.98 Å². The first kappa shape index (κ1) is 19.0. The van der Waals surface area contributed by atoms with E-state index in [4.69, 9.17) is 16.6 Å². The van der Waals surface area contributed by atoms with Crippen LogP contribution in [0, 0.1) is 0 Å². The molecule has 6 nitrogen and oxygen atoms in total. The number of fused-ring (bicyclic) bond motifs is 2. The number of nitrogens with one attached hydrogen (secondary N) is 1. The maximum absolute atomic E-state index is 12.4. The third-order valence-corrected chi connectivity index (χ3v) is 8.16. The molecule has 0 amide bonds. The molecule has 0 spiro atoms. The van der Waals surface area contributed by atoms with Crippen molar-refractivity contribution in [2.45, 2.75) is 23.7 Å². The number of thiazole rings is 1. The predicted molar refractivity (Wildman–Crippen MR) is 118 cm³/mol. The van der Waals surface area contributed by atoms with E-state index in [0.29, 0.717) is 29.0 Å². The minimum atomic E-state index is -3.63. The highest BCUT2D eigenvalue weighted by atomic mass is 35.5. The number of anilines is 1. The molecule has 0 atom stereocenters. The summed E-state index contributed by atoms with van der Waals surface area (Å²) in [5.41, 5.74) is 1.56. The molecule has 0 bridgehead atoms. The van der Waals surface area contributed by atoms with Gasteiger partial charge in [-0.1, -0.05) is 23.7 Å². The van der Waals surface area contributed by atoms with Gasteiger partial charge >= 0.3 is 0 Å². The summed E-state index contributed by atoms with van der Waals surface area (Å²) in [6.45, 7) is 2.25. The quantitative estimate of drug-likeness (QED) is 0.647. The molecular weight excluding hydrogens is 428 g/mol. The van der Waals surface area contributed by atoms with E-state index in [1.54, 1.807) is 29.5 Å². The average molecular weight is 447 g/mol. The second-order valence-corrected chi connectivity index (χ2v) is 10.4. The number of hydrogen-bond donors (Lipinski definition) is 1. The van der Waals surface area contributed by atoms with Crippen LogP contribution in [0.4, 0.5) is 5.69 Å². The maximum atomic E-state index is 12.4. The normalized spacial score (nSPS) is 19.6. The highest BCUT2D eigenvalue weighted by molar-refractivity contribution is 7.90. The van der Waals surface area contributed by atoms with E-state index < -0.39 is 10.0 Å². The molecule has 1 aromatic heterocycles. The fourth-order valence-electron chi connectivity index (χ4n) is 3.88. The van der Waals surface area contributed by atoms with E-state index in [1.165, 1.54) is 0 Å². The first-order chi connectivity index (χ1) is 14.0. The van der Waals surface area contributed by atoms with Crippen molar-refractivity contribution in [3.05, 3.63) is 52.5 Å². The van der Waals surface area contributed by atoms with Gasteiger partial charge in [0.15, 0.2) is 0 Å². The van der Waals surface area contributed by atoms with Crippen molar-refractivity contribution < 1.29 is 8.42 Å². The maximum Gasteiger partial charge on any atom is 0.286 e. The number of likely N-dealkylation sites (tertiary alicyclic amines) is 1. The van der Waals surface area contributed by atoms with Gasteiger partial charge in [-0.3, -0.25) is 4.90 Å². The van der Waals surface area contributed by atoms with Crippen molar-refractivity contribution in [3.8, 4) is 0 Å². The molecule has 150 valence electrons. The van der Waals surface area contributed by atoms with Crippen LogP contribution in [0.25, 0.3) is 10.2 Å². The lowest BCUT2D eigenvalue weighted by Gasteiger charge is -2.32. The standard InChI is InChI=1S/C20H19ClN4O2S2/c21-14-5-6-17-16(11-14)23-20(28-17)13-7-9-25(10-8-13)12-19-22-15-3-1-2-4-18(15)29(26,27)24-19/h1-6,11,13H,7-10,12H2,(H,22,24). The van der Waals surface area contributed by atoms with Gasteiger partial charge in [-0.15, -0.1) is 15.7 Å². The SMILES string of the molecule is O=S1(=O)N=C(CN2CCC(c3nc4cc(Cl)ccc4s3)CC2)Nc2ccccc21. The third kappa shape index (κ3) is 3.77. The van der Waals surface area contributed by atoms with Crippen molar-refractivity contribution in [2.75, 3.05) is 25.0 Å². The number of sulfonamides is 1. The number of para-hydroxylation sites is 1. The van der Waals surface area contributed by atoms with Crippen LogP contribution in [-0.2, 0) is 10.0 Å². The predicted octanol–water partition coefficient (Wildman–Crippen LogP) is 4.34. The molecule has 3 heterocycles. The Bertz CT molecular complexity index is 1210. The minimum absolute atomic E-state index is 0.235. The van der Waals surface area contributed by atoms with Crippen molar-refractivity contribution in [2.24, 2.45) is 4.40 Å². The molecule has 3 aromatic rings. The zero-order chi connectivity index (χ0) is 20.0. The first-order valence-electron chi connectivity index (χ1n) is 9.46. The highest BCUT2D eigenvalue weighted by Crippen LogP contribution is 2.35. The van der Waals surface area contributed by atoms with Crippen molar-refractivity contribution >= 4 is 54.7 Å². The van der Waals surface area contributed by atoms with E-state index in [1.807, 2.05) is 24.3 Å². The number of piperidine rings is 1. The molecule has 1 saturated heterocycles. The van der Waals surface area contributed by atoms with E-state index in [0.717, 1.165) is 41.2 Å². The summed E-state index contributed by atoms with van der Waals surface area (Å²) >= 11 is 7.81. The summed E-state index contributed by atoms with van der Waals surface area (Å²) < 4.78 is 30.0. The van der Waals surface area contributed by atoms with Crippen LogP contribution < -0.4 is 5.32 Å². The third-order valence-electron chi connectivity index (χ3n) is 5.35. The Morgan fingerprint density at radius 2 is 1.97 bits per heavy atom. The number of amidine groups is 1. The zero-order valence-electron chi connectivity index (χ0n) is 15.5. The van der Waals surface area contributed by atoms with Gasteiger partial charge in [0, 0.05) is 10.9 Å². The van der Waals surface area contributed by atoms with Crippen molar-refractivity contribution in [1.29, 1.82) is 0 Å². The van der Waals surface area contributed by atoms with Crippen LogP contribution >= 0.6 is 22.9 Å². The van der Waals surface area contributed by atoms with Crippen molar-refractivity contribution in [3.63, 3.8) is 0 Å². The number of halogens is 1. The molecule has 2 aliphatic heterocycles. The molecule has 0 aliphatic carbocycles. The van der Waals surface area contributed by atoms with Crippen LogP contribution in [0.2, 0.25) is 5.02 Å². The van der Waals surface area contributed by atoms with E-state index in [9.17, 15) is 8.42 Å². The number of nitrogens with zero attached hydrogens (tertiary/aromatic N) is 3. The van der Waals surface area contributed by atoms with Gasteiger partial charge in [0.25, 0.3) is 10.0 Å². The Balaban J connectivity index is 1.26. The number of benzene rings is 2. The smallest absolute Gasteiger partial charge is 0.286 e. The van der Waals surface area contributed by atoms with Crippen LogP contribution in [-0.4, -0.2) is 43.8 Å². The first-order valence-corrected chi connectivity index (χ1v) is 12.1. The largest absolute Gasteiger partial charge is 0.341 e. The van der Waals surface area contributed by atoms with Gasteiger partial charge < -0.3 is 5.32 Å². The van der Waals surface area contributed by atoms with Crippen LogP contribution in [0.3, 0.4) is 0 Å². The summed E-state index contributed by atoms with van der Waals surface area (Å²) in [7, 11) is -3.63. The lowest BCUT2D eigenvalue weighted by atomic mass is 9.97. The summed E-state index contributed by atoms with van der Waals surface area (Å²) in [4.78, 5) is 7.26. The average Bonchev–Trinajstić information content (AvgIpc) is 3.11. The van der Waals surface area contributed by atoms with Gasteiger partial charge in [0.1, 0.15) is 10.7 Å². The zero-order valence-corrected chi connectivity index (χ0v) is 17.9. The van der Waals surface area contributed by atoms with Gasteiger partial charge in [-0.05, 0) is 56.3 Å². The Morgan fingerprint density at radius 3 is 2.79 bits per heavy atom. The molecule has 2 aliphatic rings. The summed E-state index contributed by atoms with van der Waals surface area (Å²) in [5, 5.41) is 5.04. The van der Waals surface area contributed by atoms with E-state index in [2.05, 4.69) is 14.6 Å². The summed E-state index contributed by atoms with van der Waals surface area (Å²) in [6, 6.07) is 12.7. The summed E-state index contributed by atoms with van der Waals surface area (Å²) in [5.74, 6) is 0.907. The molecule has 2 aromatic carbocycles. The Hall–Kier alpha value is -2.00. The van der Waals surface area contributed by atoms with Gasteiger partial charge in [0.05, 0.1) is 27.5 Å². The van der Waals surface area contributed by atoms with Crippen LogP contribution in [0.5, 0.6) is 0 Å². The van der Waals surface area contributed by atoms with Crippen LogP contribution in [0.15, 0.2) is 51.8 Å². The van der Waals surface area contributed by atoms with Gasteiger partial charge in [0.2, 0.25) is 0 Å². The molecule has 0 saturated carbocycles. The number of aromatic nitrogens is 1. The molecule has 9 heteroatoms. The molecular formula is C20H19ClN4O2S2. The van der Waals surface area contributed by atoms with E-state index >= 15 is 0 Å². The molecule has 0 radical (unpaired) electrons. The molecule has 1 fully saturated rings. The van der Waals surface area contributed by atoms with Gasteiger partial charge in [-0.2, -0.15) is 8.42 Å². The minimum Gasteiger partial charge on any atom is -0.341 e.